The summed E-state index contributed by atoms with van der Waals surface area (Å²) in [6.07, 6.45) is 10.4. The zero-order valence-electron chi connectivity index (χ0n) is 12.0. The van der Waals surface area contributed by atoms with Crippen LogP contribution in [0.15, 0.2) is 90.2 Å². The van der Waals surface area contributed by atoms with Gasteiger partial charge in [0.2, 0.25) is 0 Å². The smallest absolute Gasteiger partial charge is 0.117 e. The van der Waals surface area contributed by atoms with Crippen LogP contribution in [-0.2, 0) is 0 Å². The van der Waals surface area contributed by atoms with Gasteiger partial charge in [-0.15, -0.1) is 0 Å². The Hall–Kier alpha value is -3.00. The number of fused-ring (bicyclic) bond motifs is 1. The molecule has 0 radical (unpaired) electrons. The molecule has 0 saturated carbocycles. The van der Waals surface area contributed by atoms with Gasteiger partial charge in [-0.1, -0.05) is 54.6 Å². The molecule has 2 nitrogen and oxygen atoms in total. The van der Waals surface area contributed by atoms with Gasteiger partial charge in [-0.3, -0.25) is 0 Å². The van der Waals surface area contributed by atoms with Gasteiger partial charge in [-0.25, -0.2) is 0 Å². The predicted octanol–water partition coefficient (Wildman–Crippen LogP) is 4.63. The van der Waals surface area contributed by atoms with Crippen LogP contribution in [0.2, 0.25) is 0 Å². The van der Waals surface area contributed by atoms with E-state index in [9.17, 15) is 5.11 Å². The van der Waals surface area contributed by atoms with Crippen molar-refractivity contribution in [1.82, 2.24) is 0 Å². The van der Waals surface area contributed by atoms with E-state index in [2.05, 4.69) is 35.7 Å². The van der Waals surface area contributed by atoms with Gasteiger partial charge >= 0.3 is 0 Å². The van der Waals surface area contributed by atoms with Gasteiger partial charge in [0.25, 0.3) is 0 Å². The van der Waals surface area contributed by atoms with Gasteiger partial charge in [-0.05, 0) is 34.9 Å². The molecule has 0 atom stereocenters. The molecule has 0 spiro atoms. The largest absolute Gasteiger partial charge is 0.508 e. The summed E-state index contributed by atoms with van der Waals surface area (Å²) in [5, 5.41) is 13.2. The molecule has 1 heterocycles. The van der Waals surface area contributed by atoms with Crippen LogP contribution in [0, 0.1) is 0 Å². The second kappa shape index (κ2) is 5.08. The molecular formula is C20H15NO. The van der Waals surface area contributed by atoms with Crippen LogP contribution in [0.5, 0.6) is 5.75 Å². The van der Waals surface area contributed by atoms with E-state index in [0.29, 0.717) is 0 Å². The first-order valence-corrected chi connectivity index (χ1v) is 7.28. The summed E-state index contributed by atoms with van der Waals surface area (Å²) in [6, 6.07) is 15.8. The summed E-state index contributed by atoms with van der Waals surface area (Å²) in [6.45, 7) is 0. The third-order valence-corrected chi connectivity index (χ3v) is 3.91. The van der Waals surface area contributed by atoms with Crippen LogP contribution in [0.25, 0.3) is 5.57 Å². The standard InChI is InChI=1S/C20H15NO/c22-16-10-11-17-18(14-6-2-1-3-7-14)13-19(21-20(17)12-16)15-8-4-5-9-15/h1-13,21-22H. The van der Waals surface area contributed by atoms with Gasteiger partial charge in [0.15, 0.2) is 0 Å². The fourth-order valence-electron chi connectivity index (χ4n) is 2.84. The Balaban J connectivity index is 1.94. The van der Waals surface area contributed by atoms with Gasteiger partial charge < -0.3 is 10.4 Å². The number of allylic oxidation sites excluding steroid dienone is 6. The van der Waals surface area contributed by atoms with E-state index in [4.69, 9.17) is 0 Å². The quantitative estimate of drug-likeness (QED) is 0.800. The molecule has 1 aliphatic carbocycles. The predicted molar refractivity (Wildman–Crippen MR) is 90.6 cm³/mol. The summed E-state index contributed by atoms with van der Waals surface area (Å²) in [5.41, 5.74) is 6.53. The minimum Gasteiger partial charge on any atom is -0.508 e. The maximum absolute atomic E-state index is 9.79. The second-order valence-corrected chi connectivity index (χ2v) is 5.37. The van der Waals surface area contributed by atoms with Crippen molar-refractivity contribution >= 4 is 11.3 Å². The summed E-state index contributed by atoms with van der Waals surface area (Å²) in [5.74, 6) is 0.266. The van der Waals surface area contributed by atoms with Crippen molar-refractivity contribution in [2.24, 2.45) is 0 Å². The van der Waals surface area contributed by atoms with Crippen LogP contribution >= 0.6 is 0 Å². The minimum atomic E-state index is 0.266. The number of rotatable bonds is 1. The van der Waals surface area contributed by atoms with Crippen LogP contribution in [0.3, 0.4) is 0 Å². The number of phenols is 1. The molecule has 2 aliphatic rings. The van der Waals surface area contributed by atoms with E-state index in [0.717, 1.165) is 28.1 Å². The highest BCUT2D eigenvalue weighted by atomic mass is 16.3. The lowest BCUT2D eigenvalue weighted by Crippen LogP contribution is -2.08. The number of phenolic OH excluding ortho intramolecular Hbond substituents is 1. The number of hydrogen-bond acceptors (Lipinski definition) is 2. The van der Waals surface area contributed by atoms with Crippen molar-refractivity contribution in [3.8, 4) is 5.75 Å². The number of benzene rings is 2. The van der Waals surface area contributed by atoms with Crippen molar-refractivity contribution in [3.05, 3.63) is 101 Å². The Morgan fingerprint density at radius 2 is 1.64 bits per heavy atom. The number of hydrogen-bond donors (Lipinski definition) is 2. The molecule has 0 saturated heterocycles. The van der Waals surface area contributed by atoms with Crippen molar-refractivity contribution in [1.29, 1.82) is 0 Å². The molecule has 0 bridgehead atoms. The van der Waals surface area contributed by atoms with Gasteiger partial charge in [0.1, 0.15) is 5.75 Å². The Morgan fingerprint density at radius 1 is 0.864 bits per heavy atom. The molecule has 22 heavy (non-hydrogen) atoms. The van der Waals surface area contributed by atoms with Gasteiger partial charge in [-0.2, -0.15) is 0 Å². The lowest BCUT2D eigenvalue weighted by Gasteiger charge is -2.23. The molecule has 2 aromatic carbocycles. The van der Waals surface area contributed by atoms with E-state index in [1.165, 1.54) is 5.56 Å². The lowest BCUT2D eigenvalue weighted by atomic mass is 9.92. The van der Waals surface area contributed by atoms with Crippen LogP contribution in [0.1, 0.15) is 11.1 Å². The Kier molecular flexibility index (Phi) is 2.94. The Bertz CT molecular complexity index is 841. The first-order valence-electron chi connectivity index (χ1n) is 7.28. The summed E-state index contributed by atoms with van der Waals surface area (Å²) in [7, 11) is 0. The van der Waals surface area contributed by atoms with E-state index in [1.807, 2.05) is 36.4 Å². The normalized spacial score (nSPS) is 15.5. The SMILES string of the molecule is Oc1ccc2c(c1)NC(=C1C=CC=C1)C=C2c1ccccc1. The lowest BCUT2D eigenvalue weighted by molar-refractivity contribution is 0.475. The summed E-state index contributed by atoms with van der Waals surface area (Å²) < 4.78 is 0. The Labute approximate surface area is 129 Å². The van der Waals surface area contributed by atoms with E-state index < -0.39 is 0 Å². The minimum absolute atomic E-state index is 0.266. The monoisotopic (exact) mass is 285 g/mol. The van der Waals surface area contributed by atoms with E-state index >= 15 is 0 Å². The molecule has 0 unspecified atom stereocenters. The molecule has 0 fully saturated rings. The maximum Gasteiger partial charge on any atom is 0.117 e. The fourth-order valence-corrected chi connectivity index (χ4v) is 2.84. The average molecular weight is 285 g/mol. The summed E-state index contributed by atoms with van der Waals surface area (Å²) in [4.78, 5) is 0. The zero-order chi connectivity index (χ0) is 14.9. The highest BCUT2D eigenvalue weighted by molar-refractivity contribution is 5.92. The first-order chi connectivity index (χ1) is 10.8. The van der Waals surface area contributed by atoms with Gasteiger partial charge in [0.05, 0.1) is 5.69 Å². The van der Waals surface area contributed by atoms with Crippen molar-refractivity contribution in [3.63, 3.8) is 0 Å². The molecule has 0 amide bonds. The van der Waals surface area contributed by atoms with Gasteiger partial charge in [0, 0.05) is 17.3 Å². The molecule has 4 rings (SSSR count). The number of nitrogens with one attached hydrogen (secondary N) is 1. The van der Waals surface area contributed by atoms with Crippen LogP contribution < -0.4 is 5.32 Å². The number of anilines is 1. The second-order valence-electron chi connectivity index (χ2n) is 5.37. The average Bonchev–Trinajstić information content (AvgIpc) is 3.09. The molecule has 2 N–H and O–H groups in total. The first kappa shape index (κ1) is 12.7. The summed E-state index contributed by atoms with van der Waals surface area (Å²) >= 11 is 0. The van der Waals surface area contributed by atoms with Crippen molar-refractivity contribution in [2.75, 3.05) is 5.32 Å². The van der Waals surface area contributed by atoms with Crippen LogP contribution in [-0.4, -0.2) is 5.11 Å². The van der Waals surface area contributed by atoms with Crippen LogP contribution in [0.4, 0.5) is 5.69 Å². The van der Waals surface area contributed by atoms with E-state index in [1.54, 1.807) is 12.1 Å². The highest BCUT2D eigenvalue weighted by Crippen LogP contribution is 2.38. The maximum atomic E-state index is 9.79. The number of aromatic hydroxyl groups is 1. The Morgan fingerprint density at radius 3 is 2.41 bits per heavy atom. The fraction of sp³-hybridized carbons (Fsp3) is 0. The molecule has 1 aliphatic heterocycles. The zero-order valence-corrected chi connectivity index (χ0v) is 12.0. The molecule has 2 aromatic rings. The topological polar surface area (TPSA) is 32.3 Å². The molecular weight excluding hydrogens is 270 g/mol. The van der Waals surface area contributed by atoms with E-state index in [-0.39, 0.29) is 5.75 Å². The molecule has 2 heteroatoms. The van der Waals surface area contributed by atoms with Crippen molar-refractivity contribution < 1.29 is 5.11 Å². The highest BCUT2D eigenvalue weighted by Gasteiger charge is 2.18. The third kappa shape index (κ3) is 2.15. The van der Waals surface area contributed by atoms with Crippen molar-refractivity contribution in [2.45, 2.75) is 0 Å². The third-order valence-electron chi connectivity index (χ3n) is 3.91. The molecule has 106 valence electrons. The molecule has 0 aromatic heterocycles.